The molecule has 7 nitrogen and oxygen atoms in total. The molecule has 1 saturated heterocycles. The fourth-order valence-electron chi connectivity index (χ4n) is 1.81. The Hall–Kier alpha value is -1.79. The average molecular weight is 271 g/mol. The second-order valence-electron chi connectivity index (χ2n) is 5.50. The van der Waals surface area contributed by atoms with Crippen LogP contribution in [0.3, 0.4) is 0 Å². The smallest absolute Gasteiger partial charge is 0.410 e. The van der Waals surface area contributed by atoms with E-state index in [1.54, 1.807) is 20.8 Å². The third-order valence-electron chi connectivity index (χ3n) is 2.55. The molecule has 1 aliphatic heterocycles. The molecule has 0 spiro atoms. The fraction of sp³-hybridized carbons (Fsp3) is 0.750. The third-order valence-corrected chi connectivity index (χ3v) is 2.55. The topological polar surface area (TPSA) is 87.7 Å². The summed E-state index contributed by atoms with van der Waals surface area (Å²) >= 11 is 0. The molecule has 0 bridgehead atoms. The number of hydrogen-bond donors (Lipinski definition) is 2. The number of amides is 3. The molecule has 0 radical (unpaired) electrons. The van der Waals surface area contributed by atoms with Gasteiger partial charge in [0.1, 0.15) is 11.6 Å². The maximum absolute atomic E-state index is 12.0. The number of rotatable bonds is 1. The Morgan fingerprint density at radius 3 is 2.37 bits per heavy atom. The van der Waals surface area contributed by atoms with Crippen molar-refractivity contribution in [1.82, 2.24) is 15.8 Å². The van der Waals surface area contributed by atoms with Gasteiger partial charge in [-0.2, -0.15) is 0 Å². The molecule has 1 atom stereocenters. The first-order valence-corrected chi connectivity index (χ1v) is 6.27. The standard InChI is InChI=1S/C12H21N3O4/c1-8(16)13-14-10(17)9-6-5-7-15(9)11(18)19-12(2,3)4/h9H,5-7H2,1-4H3,(H,13,16)(H,14,17)/t9-/m0/s1. The molecule has 0 aliphatic carbocycles. The molecule has 7 heteroatoms. The van der Waals surface area contributed by atoms with Gasteiger partial charge in [-0.15, -0.1) is 0 Å². The van der Waals surface area contributed by atoms with E-state index in [1.165, 1.54) is 11.8 Å². The minimum atomic E-state index is -0.599. The molecule has 19 heavy (non-hydrogen) atoms. The Labute approximate surface area is 112 Å². The summed E-state index contributed by atoms with van der Waals surface area (Å²) in [6.07, 6.45) is 0.787. The SMILES string of the molecule is CC(=O)NNC(=O)[C@@H]1CCCN1C(=O)OC(C)(C)C. The minimum absolute atomic E-state index is 0.366. The van der Waals surface area contributed by atoms with Gasteiger partial charge in [0.15, 0.2) is 0 Å². The van der Waals surface area contributed by atoms with E-state index < -0.39 is 23.6 Å². The molecule has 0 aromatic heterocycles. The summed E-state index contributed by atoms with van der Waals surface area (Å²) < 4.78 is 5.25. The first-order chi connectivity index (χ1) is 8.70. The maximum atomic E-state index is 12.0. The Bertz CT molecular complexity index is 376. The lowest BCUT2D eigenvalue weighted by atomic mass is 10.2. The molecule has 0 aromatic rings. The van der Waals surface area contributed by atoms with Gasteiger partial charge in [0, 0.05) is 13.5 Å². The largest absolute Gasteiger partial charge is 0.444 e. The van der Waals surface area contributed by atoms with Gasteiger partial charge >= 0.3 is 6.09 Å². The minimum Gasteiger partial charge on any atom is -0.444 e. The number of ether oxygens (including phenoxy) is 1. The summed E-state index contributed by atoms with van der Waals surface area (Å²) in [4.78, 5) is 35.9. The van der Waals surface area contributed by atoms with Crippen LogP contribution < -0.4 is 10.9 Å². The Morgan fingerprint density at radius 1 is 1.21 bits per heavy atom. The van der Waals surface area contributed by atoms with Gasteiger partial charge in [0.05, 0.1) is 0 Å². The molecule has 1 fully saturated rings. The number of hydrazine groups is 1. The van der Waals surface area contributed by atoms with Gasteiger partial charge in [-0.3, -0.25) is 25.3 Å². The number of carbonyl (C=O) groups excluding carboxylic acids is 3. The molecule has 0 saturated carbocycles. The van der Waals surface area contributed by atoms with Crippen LogP contribution in [0.2, 0.25) is 0 Å². The van der Waals surface area contributed by atoms with Gasteiger partial charge in [-0.05, 0) is 33.6 Å². The van der Waals surface area contributed by atoms with Crippen molar-refractivity contribution in [2.24, 2.45) is 0 Å². The fourth-order valence-corrected chi connectivity index (χ4v) is 1.81. The van der Waals surface area contributed by atoms with Crippen LogP contribution in [0.1, 0.15) is 40.5 Å². The molecular formula is C12H21N3O4. The lowest BCUT2D eigenvalue weighted by Gasteiger charge is -2.27. The van der Waals surface area contributed by atoms with Gasteiger partial charge in [0.2, 0.25) is 5.91 Å². The van der Waals surface area contributed by atoms with Crippen LogP contribution in [-0.4, -0.2) is 41.0 Å². The lowest BCUT2D eigenvalue weighted by molar-refractivity contribution is -0.130. The third kappa shape index (κ3) is 4.76. The van der Waals surface area contributed by atoms with E-state index >= 15 is 0 Å². The van der Waals surface area contributed by atoms with Crippen LogP contribution >= 0.6 is 0 Å². The highest BCUT2D eigenvalue weighted by Crippen LogP contribution is 2.20. The summed E-state index contributed by atoms with van der Waals surface area (Å²) in [5, 5.41) is 0. The molecule has 108 valence electrons. The van der Waals surface area contributed by atoms with Gasteiger partial charge in [-0.1, -0.05) is 0 Å². The molecule has 1 heterocycles. The van der Waals surface area contributed by atoms with E-state index in [4.69, 9.17) is 4.74 Å². The molecule has 2 N–H and O–H groups in total. The number of carbonyl (C=O) groups is 3. The molecule has 1 rings (SSSR count). The number of nitrogens with zero attached hydrogens (tertiary/aromatic N) is 1. The van der Waals surface area contributed by atoms with Crippen LogP contribution in [0.5, 0.6) is 0 Å². The monoisotopic (exact) mass is 271 g/mol. The van der Waals surface area contributed by atoms with Crippen molar-refractivity contribution >= 4 is 17.9 Å². The van der Waals surface area contributed by atoms with Crippen LogP contribution in [0.4, 0.5) is 4.79 Å². The molecule has 0 unspecified atom stereocenters. The van der Waals surface area contributed by atoms with Crippen LogP contribution in [0.15, 0.2) is 0 Å². The molecule has 0 aromatic carbocycles. The van der Waals surface area contributed by atoms with E-state index in [1.807, 2.05) is 0 Å². The first kappa shape index (κ1) is 15.3. The summed E-state index contributed by atoms with van der Waals surface area (Å²) in [5.41, 5.74) is 3.90. The quantitative estimate of drug-likeness (QED) is 0.682. The predicted molar refractivity (Wildman–Crippen MR) is 67.9 cm³/mol. The van der Waals surface area contributed by atoms with Crippen molar-refractivity contribution in [1.29, 1.82) is 0 Å². The molecule has 3 amide bonds. The summed E-state index contributed by atoms with van der Waals surface area (Å²) in [7, 11) is 0. The van der Waals surface area contributed by atoms with Crippen LogP contribution in [-0.2, 0) is 14.3 Å². The van der Waals surface area contributed by atoms with Gasteiger partial charge in [0.25, 0.3) is 5.91 Å². The Balaban J connectivity index is 2.60. The normalized spacial score (nSPS) is 18.9. The lowest BCUT2D eigenvalue weighted by Crippen LogP contribution is -2.51. The zero-order chi connectivity index (χ0) is 14.6. The van der Waals surface area contributed by atoms with Gasteiger partial charge < -0.3 is 4.74 Å². The summed E-state index contributed by atoms with van der Waals surface area (Å²) in [5.74, 6) is -0.770. The average Bonchev–Trinajstić information content (AvgIpc) is 2.72. The van der Waals surface area contributed by atoms with E-state index in [0.29, 0.717) is 13.0 Å². The highest BCUT2D eigenvalue weighted by molar-refractivity contribution is 5.87. The molecular weight excluding hydrogens is 250 g/mol. The highest BCUT2D eigenvalue weighted by atomic mass is 16.6. The first-order valence-electron chi connectivity index (χ1n) is 6.27. The van der Waals surface area contributed by atoms with Crippen molar-refractivity contribution in [2.45, 2.75) is 52.2 Å². The van der Waals surface area contributed by atoms with Crippen LogP contribution in [0.25, 0.3) is 0 Å². The summed E-state index contributed by atoms with van der Waals surface area (Å²) in [6.45, 7) is 7.09. The van der Waals surface area contributed by atoms with Crippen LogP contribution in [0, 0.1) is 0 Å². The number of nitrogens with one attached hydrogen (secondary N) is 2. The second-order valence-corrected chi connectivity index (χ2v) is 5.50. The van der Waals surface area contributed by atoms with E-state index in [0.717, 1.165) is 6.42 Å². The van der Waals surface area contributed by atoms with E-state index in [2.05, 4.69) is 10.9 Å². The number of hydrogen-bond acceptors (Lipinski definition) is 4. The Morgan fingerprint density at radius 2 is 1.84 bits per heavy atom. The van der Waals surface area contributed by atoms with E-state index in [9.17, 15) is 14.4 Å². The maximum Gasteiger partial charge on any atom is 0.410 e. The predicted octanol–water partition coefficient (Wildman–Crippen LogP) is 0.553. The second kappa shape index (κ2) is 5.90. The van der Waals surface area contributed by atoms with Crippen molar-refractivity contribution in [3.8, 4) is 0 Å². The van der Waals surface area contributed by atoms with Gasteiger partial charge in [-0.25, -0.2) is 4.79 Å². The van der Waals surface area contributed by atoms with E-state index in [-0.39, 0.29) is 5.91 Å². The Kier molecular flexibility index (Phi) is 4.74. The molecule has 1 aliphatic rings. The highest BCUT2D eigenvalue weighted by Gasteiger charge is 2.36. The zero-order valence-electron chi connectivity index (χ0n) is 11.8. The van der Waals surface area contributed by atoms with Crippen molar-refractivity contribution in [3.05, 3.63) is 0 Å². The zero-order valence-corrected chi connectivity index (χ0v) is 11.8. The van der Waals surface area contributed by atoms with Crippen molar-refractivity contribution < 1.29 is 19.1 Å². The number of likely N-dealkylation sites (tertiary alicyclic amines) is 1. The summed E-state index contributed by atoms with van der Waals surface area (Å²) in [6, 6.07) is -0.596. The van der Waals surface area contributed by atoms with Crippen molar-refractivity contribution in [2.75, 3.05) is 6.54 Å². The van der Waals surface area contributed by atoms with Crippen molar-refractivity contribution in [3.63, 3.8) is 0 Å².